The smallest absolute Gasteiger partial charge is 0.0178 e. The van der Waals surface area contributed by atoms with Crippen LogP contribution in [0.5, 0.6) is 0 Å². The predicted octanol–water partition coefficient (Wildman–Crippen LogP) is 8.64. The van der Waals surface area contributed by atoms with Crippen LogP contribution in [-0.2, 0) is 10.8 Å². The highest BCUT2D eigenvalue weighted by Gasteiger charge is 2.37. The lowest BCUT2D eigenvalue weighted by atomic mass is 9.86. The van der Waals surface area contributed by atoms with Gasteiger partial charge in [-0.2, -0.15) is 0 Å². The molecule has 2 atom stereocenters. The molecule has 2 heteroatoms. The fraction of sp³-hybridized carbons (Fsp3) is 0.571. The molecular weight excluding hydrogens is 381 g/mol. The van der Waals surface area contributed by atoms with E-state index in [4.69, 9.17) is 0 Å². The van der Waals surface area contributed by atoms with Gasteiger partial charge in [-0.05, 0) is 67.0 Å². The van der Waals surface area contributed by atoms with Crippen LogP contribution < -0.4 is 5.09 Å². The maximum absolute atomic E-state index is 4.03. The van der Waals surface area contributed by atoms with E-state index in [2.05, 4.69) is 102 Å². The fourth-order valence-corrected chi connectivity index (χ4v) is 7.61. The van der Waals surface area contributed by atoms with Gasteiger partial charge < -0.3 is 0 Å². The molecule has 1 N–H and O–H groups in total. The minimum absolute atomic E-state index is 0.218. The van der Waals surface area contributed by atoms with Crippen molar-refractivity contribution in [1.29, 1.82) is 0 Å². The molecule has 1 fully saturated rings. The highest BCUT2D eigenvalue weighted by atomic mass is 31.1. The van der Waals surface area contributed by atoms with E-state index in [0.29, 0.717) is 11.3 Å². The van der Waals surface area contributed by atoms with Gasteiger partial charge in [-0.25, -0.2) is 0 Å². The Bertz CT molecular complexity index is 727. The van der Waals surface area contributed by atoms with E-state index in [0.717, 1.165) is 6.54 Å². The minimum atomic E-state index is -0.262. The van der Waals surface area contributed by atoms with Gasteiger partial charge in [0.05, 0.1) is 0 Å². The number of hydrogen-bond acceptors (Lipinski definition) is 1. The molecule has 1 aliphatic rings. The number of benzene rings is 2. The highest BCUT2D eigenvalue weighted by Crippen LogP contribution is 2.67. The van der Waals surface area contributed by atoms with Gasteiger partial charge >= 0.3 is 0 Å². The first-order chi connectivity index (χ1) is 14.1. The van der Waals surface area contributed by atoms with Gasteiger partial charge in [0.1, 0.15) is 0 Å². The topological polar surface area (TPSA) is 12.0 Å². The second-order valence-electron chi connectivity index (χ2n) is 11.0. The summed E-state index contributed by atoms with van der Waals surface area (Å²) in [5.74, 6) is 0. The fourth-order valence-electron chi connectivity index (χ4n) is 4.48. The lowest BCUT2D eigenvalue weighted by Gasteiger charge is -2.28. The molecule has 0 aromatic heterocycles. The maximum atomic E-state index is 4.03. The van der Waals surface area contributed by atoms with Gasteiger partial charge in [-0.15, -0.1) is 0 Å². The van der Waals surface area contributed by atoms with Gasteiger partial charge in [-0.3, -0.25) is 5.09 Å². The summed E-state index contributed by atoms with van der Waals surface area (Å²) in [6, 6.07) is 19.1. The Morgan fingerprint density at radius 1 is 0.733 bits per heavy atom. The zero-order valence-corrected chi connectivity index (χ0v) is 21.2. The van der Waals surface area contributed by atoms with Crippen molar-refractivity contribution in [3.8, 4) is 0 Å². The number of unbranched alkanes of at least 4 members (excludes halogenated alkanes) is 1. The number of nitrogens with one attached hydrogen (secondary N) is 1. The molecule has 0 amide bonds. The molecule has 1 saturated heterocycles. The van der Waals surface area contributed by atoms with Crippen LogP contribution in [0, 0.1) is 0 Å². The third-order valence-electron chi connectivity index (χ3n) is 6.53. The molecule has 0 unspecified atom stereocenters. The van der Waals surface area contributed by atoms with Crippen LogP contribution in [0.25, 0.3) is 0 Å². The van der Waals surface area contributed by atoms with Crippen molar-refractivity contribution < 1.29 is 0 Å². The summed E-state index contributed by atoms with van der Waals surface area (Å²) in [5.41, 5.74) is 7.70. The molecule has 164 valence electrons. The standard InChI is InChI=1S/C28H42NP/c1-8-9-20-29-30-25(21-10-14-23(15-11-21)27(2,3)4)18-19-26(30)22-12-16-24(17-13-22)28(5,6)7/h10-17,25-26,29H,8-9,18-20H2,1-7H3/t25-,26-/m0/s1. The van der Waals surface area contributed by atoms with Crippen molar-refractivity contribution in [3.05, 3.63) is 70.8 Å². The van der Waals surface area contributed by atoms with Gasteiger partial charge in [0, 0.05) is 11.3 Å². The van der Waals surface area contributed by atoms with Crippen LogP contribution in [0.15, 0.2) is 48.5 Å². The summed E-state index contributed by atoms with van der Waals surface area (Å²) in [7, 11) is -0.262. The quantitative estimate of drug-likeness (QED) is 0.362. The molecule has 0 bridgehead atoms. The Labute approximate surface area is 186 Å². The SMILES string of the molecule is CCCCNP1[C@H](c2ccc(C(C)(C)C)cc2)CC[C@H]1c1ccc(C(C)(C)C)cc1. The molecule has 1 nitrogen and oxygen atoms in total. The largest absolute Gasteiger partial charge is 0.295 e. The van der Waals surface area contributed by atoms with Crippen molar-refractivity contribution in [1.82, 2.24) is 5.09 Å². The summed E-state index contributed by atoms with van der Waals surface area (Å²) in [4.78, 5) is 0. The Morgan fingerprint density at radius 3 is 1.47 bits per heavy atom. The normalized spacial score (nSPS) is 20.6. The van der Waals surface area contributed by atoms with Gasteiger partial charge in [-0.1, -0.05) is 103 Å². The lowest BCUT2D eigenvalue weighted by molar-refractivity contribution is 0.589. The molecule has 0 saturated carbocycles. The van der Waals surface area contributed by atoms with Crippen molar-refractivity contribution in [2.24, 2.45) is 0 Å². The summed E-state index contributed by atoms with van der Waals surface area (Å²) >= 11 is 0. The molecule has 30 heavy (non-hydrogen) atoms. The third-order valence-corrected chi connectivity index (χ3v) is 9.58. The average molecular weight is 424 g/mol. The first kappa shape index (κ1) is 23.5. The average Bonchev–Trinajstić information content (AvgIpc) is 3.11. The second-order valence-corrected chi connectivity index (χ2v) is 13.4. The van der Waals surface area contributed by atoms with Crippen LogP contribution in [0.4, 0.5) is 0 Å². The van der Waals surface area contributed by atoms with Gasteiger partial charge in [0.15, 0.2) is 0 Å². The molecule has 2 aromatic rings. The van der Waals surface area contributed by atoms with E-state index in [1.54, 1.807) is 0 Å². The van der Waals surface area contributed by atoms with E-state index < -0.39 is 0 Å². The molecule has 1 heterocycles. The van der Waals surface area contributed by atoms with E-state index in [-0.39, 0.29) is 18.9 Å². The maximum Gasteiger partial charge on any atom is 0.0178 e. The molecule has 0 radical (unpaired) electrons. The zero-order chi connectivity index (χ0) is 21.9. The lowest BCUT2D eigenvalue weighted by Crippen LogP contribution is -2.14. The van der Waals surface area contributed by atoms with E-state index >= 15 is 0 Å². The predicted molar refractivity (Wildman–Crippen MR) is 135 cm³/mol. The Kier molecular flexibility index (Phi) is 7.47. The minimum Gasteiger partial charge on any atom is -0.295 e. The van der Waals surface area contributed by atoms with Crippen LogP contribution in [0.3, 0.4) is 0 Å². The molecule has 0 aliphatic carbocycles. The summed E-state index contributed by atoms with van der Waals surface area (Å²) < 4.78 is 0. The second kappa shape index (κ2) is 9.54. The van der Waals surface area contributed by atoms with Crippen molar-refractivity contribution >= 4 is 8.07 Å². The van der Waals surface area contributed by atoms with E-state index in [9.17, 15) is 0 Å². The molecule has 2 aromatic carbocycles. The molecule has 0 spiro atoms. The van der Waals surface area contributed by atoms with E-state index in [1.165, 1.54) is 47.9 Å². The Hall–Kier alpha value is -1.17. The number of rotatable bonds is 6. The van der Waals surface area contributed by atoms with Gasteiger partial charge in [0.25, 0.3) is 0 Å². The summed E-state index contributed by atoms with van der Waals surface area (Å²) in [6.07, 6.45) is 5.12. The van der Waals surface area contributed by atoms with Crippen molar-refractivity contribution in [2.45, 2.75) is 96.3 Å². The Balaban J connectivity index is 1.84. The monoisotopic (exact) mass is 423 g/mol. The Morgan fingerprint density at radius 2 is 1.13 bits per heavy atom. The summed E-state index contributed by atoms with van der Waals surface area (Å²) in [6.45, 7) is 17.2. The zero-order valence-electron chi connectivity index (χ0n) is 20.3. The van der Waals surface area contributed by atoms with Crippen LogP contribution in [0.1, 0.15) is 108 Å². The summed E-state index contributed by atoms with van der Waals surface area (Å²) in [5, 5.41) is 4.03. The molecule has 1 aliphatic heterocycles. The van der Waals surface area contributed by atoms with E-state index in [1.807, 2.05) is 0 Å². The van der Waals surface area contributed by atoms with Gasteiger partial charge in [0.2, 0.25) is 0 Å². The number of hydrogen-bond donors (Lipinski definition) is 1. The van der Waals surface area contributed by atoms with Crippen LogP contribution in [-0.4, -0.2) is 6.54 Å². The molecular formula is C28H42NP. The van der Waals surface area contributed by atoms with Crippen LogP contribution >= 0.6 is 8.07 Å². The molecule has 3 rings (SSSR count). The highest BCUT2D eigenvalue weighted by molar-refractivity contribution is 7.56. The van der Waals surface area contributed by atoms with Crippen LogP contribution in [0.2, 0.25) is 0 Å². The van der Waals surface area contributed by atoms with Crippen molar-refractivity contribution in [2.75, 3.05) is 6.54 Å². The first-order valence-corrected chi connectivity index (χ1v) is 13.3. The first-order valence-electron chi connectivity index (χ1n) is 11.8. The van der Waals surface area contributed by atoms with Crippen molar-refractivity contribution in [3.63, 3.8) is 0 Å². The third kappa shape index (κ3) is 5.54.